The first-order valence-corrected chi connectivity index (χ1v) is 11.8. The van der Waals surface area contributed by atoms with E-state index in [9.17, 15) is 9.59 Å². The topological polar surface area (TPSA) is 92.9 Å². The van der Waals surface area contributed by atoms with Crippen LogP contribution < -0.4 is 14.8 Å². The molecule has 2 amide bonds. The summed E-state index contributed by atoms with van der Waals surface area (Å²) in [6.45, 7) is 0.854. The van der Waals surface area contributed by atoms with E-state index < -0.39 is 12.0 Å². The summed E-state index contributed by atoms with van der Waals surface area (Å²) in [5.41, 5.74) is 3.65. The normalized spacial score (nSPS) is 18.4. The number of aromatic nitrogens is 1. The van der Waals surface area contributed by atoms with Crippen LogP contribution in [0.25, 0.3) is 10.9 Å². The van der Waals surface area contributed by atoms with E-state index in [4.69, 9.17) is 14.2 Å². The molecule has 8 nitrogen and oxygen atoms in total. The number of hydrogen-bond acceptors (Lipinski definition) is 5. The number of carbonyl (C=O) groups excluding carboxylic acids is 2. The molecule has 36 heavy (non-hydrogen) atoms. The number of amides is 2. The van der Waals surface area contributed by atoms with Crippen molar-refractivity contribution in [3.63, 3.8) is 0 Å². The average molecular weight is 484 g/mol. The van der Waals surface area contributed by atoms with Crippen LogP contribution in [0.5, 0.6) is 11.5 Å². The Hall–Kier alpha value is -4.30. The van der Waals surface area contributed by atoms with Crippen LogP contribution in [-0.2, 0) is 9.53 Å². The number of methoxy groups -OCH3 is 1. The van der Waals surface area contributed by atoms with Gasteiger partial charge in [-0.25, -0.2) is 0 Å². The molecule has 0 aliphatic carbocycles. The third-order valence-corrected chi connectivity index (χ3v) is 6.84. The Morgan fingerprint density at radius 2 is 1.86 bits per heavy atom. The summed E-state index contributed by atoms with van der Waals surface area (Å²) in [5.74, 6) is 0.239. The highest BCUT2D eigenvalue weighted by Crippen LogP contribution is 2.45. The lowest BCUT2D eigenvalue weighted by atomic mass is 9.79. The molecule has 0 spiro atoms. The van der Waals surface area contributed by atoms with Gasteiger partial charge < -0.3 is 29.4 Å². The molecule has 3 aromatic carbocycles. The van der Waals surface area contributed by atoms with Gasteiger partial charge in [-0.1, -0.05) is 36.4 Å². The summed E-state index contributed by atoms with van der Waals surface area (Å²) >= 11 is 0. The number of aromatic amines is 1. The van der Waals surface area contributed by atoms with Crippen molar-refractivity contribution in [3.8, 4) is 11.5 Å². The molecule has 2 unspecified atom stereocenters. The molecule has 3 heterocycles. The average Bonchev–Trinajstić information content (AvgIpc) is 3.54. The van der Waals surface area contributed by atoms with Gasteiger partial charge >= 0.3 is 0 Å². The number of nitrogens with zero attached hydrogens (tertiary/aromatic N) is 1. The van der Waals surface area contributed by atoms with E-state index in [2.05, 4.69) is 10.3 Å². The molecule has 182 valence electrons. The van der Waals surface area contributed by atoms with Crippen LogP contribution in [0, 0.1) is 0 Å². The van der Waals surface area contributed by atoms with Crippen molar-refractivity contribution in [1.82, 2.24) is 9.88 Å². The molecule has 0 bridgehead atoms. The number of hydrogen-bond donors (Lipinski definition) is 2. The minimum atomic E-state index is -0.652. The molecule has 2 aliphatic heterocycles. The minimum Gasteiger partial charge on any atom is -0.454 e. The zero-order valence-corrected chi connectivity index (χ0v) is 19.7. The molecule has 0 fully saturated rings. The molecule has 2 atom stereocenters. The first kappa shape index (κ1) is 22.2. The summed E-state index contributed by atoms with van der Waals surface area (Å²) in [6.07, 6.45) is 1.90. The zero-order chi connectivity index (χ0) is 24.6. The molecule has 6 rings (SSSR count). The summed E-state index contributed by atoms with van der Waals surface area (Å²) in [7, 11) is 1.60. The van der Waals surface area contributed by atoms with Crippen LogP contribution >= 0.6 is 0 Å². The number of para-hydroxylation sites is 1. The highest BCUT2D eigenvalue weighted by atomic mass is 16.7. The van der Waals surface area contributed by atoms with Gasteiger partial charge in [-0.3, -0.25) is 9.59 Å². The van der Waals surface area contributed by atoms with Crippen molar-refractivity contribution in [2.45, 2.75) is 12.0 Å². The van der Waals surface area contributed by atoms with E-state index >= 15 is 0 Å². The molecule has 0 saturated heterocycles. The second kappa shape index (κ2) is 9.05. The Balaban J connectivity index is 1.47. The number of rotatable bonds is 6. The van der Waals surface area contributed by atoms with Crippen LogP contribution in [0.15, 0.2) is 72.9 Å². The molecule has 4 aromatic rings. The summed E-state index contributed by atoms with van der Waals surface area (Å²) in [6, 6.07) is 20.0. The summed E-state index contributed by atoms with van der Waals surface area (Å²) in [4.78, 5) is 32.8. The number of carbonyl (C=O) groups is 2. The summed E-state index contributed by atoms with van der Waals surface area (Å²) < 4.78 is 16.2. The summed E-state index contributed by atoms with van der Waals surface area (Å²) in [5, 5.41) is 4.03. The molecule has 1 aromatic heterocycles. The van der Waals surface area contributed by atoms with Gasteiger partial charge in [-0.15, -0.1) is 0 Å². The predicted octanol–water partition coefficient (Wildman–Crippen LogP) is 4.46. The SMILES string of the molecule is COCCN1C(=O)c2ccccc2C(C(=O)Nc2ccc3c(c2)OCO3)C1c1c[nH]c2ccccc12. The van der Waals surface area contributed by atoms with Crippen molar-refractivity contribution in [2.24, 2.45) is 0 Å². The predicted molar refractivity (Wildman–Crippen MR) is 134 cm³/mol. The Morgan fingerprint density at radius 3 is 2.75 bits per heavy atom. The number of nitrogens with one attached hydrogen (secondary N) is 2. The fourth-order valence-electron chi connectivity index (χ4n) is 5.19. The maximum atomic E-state index is 14.0. The van der Waals surface area contributed by atoms with Crippen molar-refractivity contribution in [1.29, 1.82) is 0 Å². The second-order valence-electron chi connectivity index (χ2n) is 8.85. The number of ether oxygens (including phenoxy) is 3. The first-order chi connectivity index (χ1) is 17.7. The van der Waals surface area contributed by atoms with Gasteiger partial charge in [0.25, 0.3) is 5.91 Å². The third-order valence-electron chi connectivity index (χ3n) is 6.84. The van der Waals surface area contributed by atoms with E-state index in [1.54, 1.807) is 36.3 Å². The number of benzene rings is 3. The largest absolute Gasteiger partial charge is 0.454 e. The zero-order valence-electron chi connectivity index (χ0n) is 19.7. The number of anilines is 1. The van der Waals surface area contributed by atoms with E-state index in [0.717, 1.165) is 16.5 Å². The van der Waals surface area contributed by atoms with E-state index in [1.807, 2.05) is 48.7 Å². The van der Waals surface area contributed by atoms with Gasteiger partial charge in [0.15, 0.2) is 11.5 Å². The van der Waals surface area contributed by atoms with Crippen molar-refractivity contribution >= 4 is 28.4 Å². The maximum absolute atomic E-state index is 14.0. The van der Waals surface area contributed by atoms with Crippen LogP contribution in [-0.4, -0.2) is 48.8 Å². The second-order valence-corrected chi connectivity index (χ2v) is 8.85. The molecule has 8 heteroatoms. The van der Waals surface area contributed by atoms with Gasteiger partial charge in [-0.05, 0) is 29.8 Å². The third kappa shape index (κ3) is 3.67. The lowest BCUT2D eigenvalue weighted by Gasteiger charge is -2.41. The van der Waals surface area contributed by atoms with Gasteiger partial charge in [0.05, 0.1) is 18.6 Å². The fourth-order valence-corrected chi connectivity index (χ4v) is 5.19. The number of fused-ring (bicyclic) bond motifs is 3. The fraction of sp³-hybridized carbons (Fsp3) is 0.214. The van der Waals surface area contributed by atoms with E-state index in [0.29, 0.717) is 41.5 Å². The highest BCUT2D eigenvalue weighted by molar-refractivity contribution is 6.05. The van der Waals surface area contributed by atoms with Crippen molar-refractivity contribution < 1.29 is 23.8 Å². The molecule has 0 radical (unpaired) electrons. The lowest BCUT2D eigenvalue weighted by molar-refractivity contribution is -0.119. The first-order valence-electron chi connectivity index (χ1n) is 11.8. The monoisotopic (exact) mass is 483 g/mol. The number of H-pyrrole nitrogens is 1. The van der Waals surface area contributed by atoms with Crippen LogP contribution in [0.2, 0.25) is 0 Å². The van der Waals surface area contributed by atoms with Gasteiger partial charge in [0.1, 0.15) is 0 Å². The molecule has 2 aliphatic rings. The Kier molecular flexibility index (Phi) is 5.58. The smallest absolute Gasteiger partial charge is 0.254 e. The Labute approximate surface area is 207 Å². The molecule has 0 saturated carbocycles. The molecular formula is C28H25N3O5. The van der Waals surface area contributed by atoms with Gasteiger partial charge in [0.2, 0.25) is 12.7 Å². The van der Waals surface area contributed by atoms with Crippen LogP contribution in [0.3, 0.4) is 0 Å². The Morgan fingerprint density at radius 1 is 1.06 bits per heavy atom. The minimum absolute atomic E-state index is 0.120. The van der Waals surface area contributed by atoms with Gasteiger partial charge in [-0.2, -0.15) is 0 Å². The van der Waals surface area contributed by atoms with Crippen LogP contribution in [0.4, 0.5) is 5.69 Å². The lowest BCUT2D eigenvalue weighted by Crippen LogP contribution is -2.47. The Bertz CT molecular complexity index is 1460. The van der Waals surface area contributed by atoms with Crippen LogP contribution in [0.1, 0.15) is 33.4 Å². The standard InChI is InChI=1S/C28H25N3O5/c1-34-13-12-31-26(21-15-29-22-9-5-4-6-18(21)22)25(19-7-2-3-8-20(19)28(31)33)27(32)30-17-10-11-23-24(14-17)36-16-35-23/h2-11,14-15,25-26,29H,12-13,16H2,1H3,(H,30,32). The van der Waals surface area contributed by atoms with Crippen molar-refractivity contribution in [2.75, 3.05) is 32.4 Å². The van der Waals surface area contributed by atoms with E-state index in [-0.39, 0.29) is 18.6 Å². The highest BCUT2D eigenvalue weighted by Gasteiger charge is 2.44. The van der Waals surface area contributed by atoms with E-state index in [1.165, 1.54) is 0 Å². The van der Waals surface area contributed by atoms with Crippen molar-refractivity contribution in [3.05, 3.63) is 89.6 Å². The quantitative estimate of drug-likeness (QED) is 0.422. The van der Waals surface area contributed by atoms with Gasteiger partial charge in [0, 0.05) is 53.6 Å². The maximum Gasteiger partial charge on any atom is 0.254 e. The molecule has 2 N–H and O–H groups in total. The molecular weight excluding hydrogens is 458 g/mol.